The Morgan fingerprint density at radius 1 is 0.789 bits per heavy atom. The lowest BCUT2D eigenvalue weighted by molar-refractivity contribution is 0.0693. The van der Waals surface area contributed by atoms with Gasteiger partial charge in [-0.2, -0.15) is 0 Å². The highest BCUT2D eigenvalue weighted by Crippen LogP contribution is 2.46. The SMILES string of the molecule is COc1ccc(-c2ccc(Oc3ccccc3C3CC3)c(NC(=O)Nc3ccccc3C)c2)cc1C(=O)O. The van der Waals surface area contributed by atoms with Crippen LogP contribution in [0.1, 0.15) is 40.2 Å². The van der Waals surface area contributed by atoms with Gasteiger partial charge in [0.2, 0.25) is 0 Å². The van der Waals surface area contributed by atoms with E-state index in [2.05, 4.69) is 16.7 Å². The maximum absolute atomic E-state index is 13.0. The summed E-state index contributed by atoms with van der Waals surface area (Å²) in [5.41, 5.74) is 4.66. The molecule has 1 saturated carbocycles. The molecule has 3 N–H and O–H groups in total. The number of carboxylic acids is 1. The summed E-state index contributed by atoms with van der Waals surface area (Å²) in [6.07, 6.45) is 2.26. The van der Waals surface area contributed by atoms with Crippen molar-refractivity contribution < 1.29 is 24.2 Å². The van der Waals surface area contributed by atoms with Crippen LogP contribution in [0, 0.1) is 6.92 Å². The van der Waals surface area contributed by atoms with Crippen LogP contribution in [0.2, 0.25) is 0 Å². The van der Waals surface area contributed by atoms with E-state index >= 15 is 0 Å². The van der Waals surface area contributed by atoms with Crippen molar-refractivity contribution in [3.8, 4) is 28.4 Å². The molecule has 7 nitrogen and oxygen atoms in total. The number of carboxylic acid groups (broad SMARTS) is 1. The largest absolute Gasteiger partial charge is 0.496 e. The summed E-state index contributed by atoms with van der Waals surface area (Å²) in [7, 11) is 1.43. The lowest BCUT2D eigenvalue weighted by atomic mass is 10.0. The summed E-state index contributed by atoms with van der Waals surface area (Å²) in [4.78, 5) is 24.8. The molecular weight excluding hydrogens is 480 g/mol. The lowest BCUT2D eigenvalue weighted by Crippen LogP contribution is -2.20. The summed E-state index contributed by atoms with van der Waals surface area (Å²) in [5, 5.41) is 15.4. The molecule has 38 heavy (non-hydrogen) atoms. The van der Waals surface area contributed by atoms with Crippen LogP contribution in [0.3, 0.4) is 0 Å². The van der Waals surface area contributed by atoms with Gasteiger partial charge in [0.25, 0.3) is 0 Å². The summed E-state index contributed by atoms with van der Waals surface area (Å²) >= 11 is 0. The monoisotopic (exact) mass is 508 g/mol. The first kappa shape index (κ1) is 24.9. The van der Waals surface area contributed by atoms with Crippen molar-refractivity contribution in [3.05, 3.63) is 102 Å². The highest BCUT2D eigenvalue weighted by molar-refractivity contribution is 6.01. The standard InChI is InChI=1S/C31H28N2O5/c1-19-7-3-5-9-25(19)32-31(36)33-26-18-22(21-13-15-27(37-2)24(17-21)30(34)35)14-16-29(26)38-28-10-6-4-8-23(28)20-11-12-20/h3-10,13-18,20H,11-12H2,1-2H3,(H,34,35)(H2,32,33,36). The van der Waals surface area contributed by atoms with Crippen molar-refractivity contribution in [2.75, 3.05) is 17.7 Å². The molecule has 0 aromatic heterocycles. The molecule has 0 heterocycles. The molecule has 0 aliphatic heterocycles. The number of rotatable bonds is 8. The smallest absolute Gasteiger partial charge is 0.339 e. The predicted molar refractivity (Wildman–Crippen MR) is 148 cm³/mol. The quantitative estimate of drug-likeness (QED) is 0.227. The summed E-state index contributed by atoms with van der Waals surface area (Å²) in [6, 6.07) is 25.4. The minimum atomic E-state index is -1.09. The van der Waals surface area contributed by atoms with E-state index in [9.17, 15) is 14.7 Å². The number of methoxy groups -OCH3 is 1. The summed E-state index contributed by atoms with van der Waals surface area (Å²) in [5.74, 6) is 0.904. The molecule has 0 spiro atoms. The maximum Gasteiger partial charge on any atom is 0.339 e. The number of benzene rings is 4. The van der Waals surface area contributed by atoms with E-state index in [0.29, 0.717) is 34.2 Å². The van der Waals surface area contributed by atoms with E-state index in [-0.39, 0.29) is 11.3 Å². The molecule has 0 radical (unpaired) electrons. The molecule has 0 unspecified atom stereocenters. The Morgan fingerprint density at radius 2 is 1.45 bits per heavy atom. The van der Waals surface area contributed by atoms with Crippen LogP contribution < -0.4 is 20.1 Å². The van der Waals surface area contributed by atoms with Crippen molar-refractivity contribution >= 4 is 23.4 Å². The fourth-order valence-electron chi connectivity index (χ4n) is 4.36. The van der Waals surface area contributed by atoms with Crippen LogP contribution in [0.5, 0.6) is 17.2 Å². The Balaban J connectivity index is 1.51. The Hall–Kier alpha value is -4.78. The number of nitrogens with one attached hydrogen (secondary N) is 2. The number of carbonyl (C=O) groups is 2. The number of hydrogen-bond acceptors (Lipinski definition) is 4. The zero-order valence-corrected chi connectivity index (χ0v) is 21.2. The highest BCUT2D eigenvalue weighted by Gasteiger charge is 2.27. The van der Waals surface area contributed by atoms with E-state index in [1.165, 1.54) is 7.11 Å². The minimum absolute atomic E-state index is 0.0514. The van der Waals surface area contributed by atoms with Crippen molar-refractivity contribution in [1.82, 2.24) is 0 Å². The van der Waals surface area contributed by atoms with Crippen molar-refractivity contribution in [1.29, 1.82) is 0 Å². The topological polar surface area (TPSA) is 96.9 Å². The molecule has 1 fully saturated rings. The first-order valence-electron chi connectivity index (χ1n) is 12.4. The molecule has 0 atom stereocenters. The number of aromatic carboxylic acids is 1. The summed E-state index contributed by atoms with van der Waals surface area (Å²) < 4.78 is 11.5. The van der Waals surface area contributed by atoms with Gasteiger partial charge in [0.15, 0.2) is 5.75 Å². The second-order valence-corrected chi connectivity index (χ2v) is 9.24. The van der Waals surface area contributed by atoms with Crippen molar-refractivity contribution in [2.24, 2.45) is 0 Å². The zero-order valence-electron chi connectivity index (χ0n) is 21.2. The fourth-order valence-corrected chi connectivity index (χ4v) is 4.36. The van der Waals surface area contributed by atoms with Gasteiger partial charge in [0.1, 0.15) is 17.1 Å². The number of urea groups is 1. The Morgan fingerprint density at radius 3 is 2.16 bits per heavy atom. The summed E-state index contributed by atoms with van der Waals surface area (Å²) in [6.45, 7) is 1.92. The molecule has 7 heteroatoms. The number of amides is 2. The normalized spacial score (nSPS) is 12.5. The maximum atomic E-state index is 13.0. The second kappa shape index (κ2) is 10.7. The molecule has 4 aromatic rings. The van der Waals surface area contributed by atoms with E-state index in [1.807, 2.05) is 55.5 Å². The number of anilines is 2. The number of carbonyl (C=O) groups excluding carboxylic acids is 1. The van der Waals surface area contributed by atoms with Gasteiger partial charge in [-0.15, -0.1) is 0 Å². The first-order chi connectivity index (χ1) is 18.4. The molecule has 1 aliphatic rings. The van der Waals surface area contributed by atoms with Gasteiger partial charge in [-0.05, 0) is 84.3 Å². The van der Waals surface area contributed by atoms with Crippen molar-refractivity contribution in [3.63, 3.8) is 0 Å². The third-order valence-corrected chi connectivity index (χ3v) is 6.54. The molecule has 2 amide bonds. The molecular formula is C31H28N2O5. The average molecular weight is 509 g/mol. The van der Waals surface area contributed by atoms with Gasteiger partial charge < -0.3 is 25.2 Å². The number of para-hydroxylation sites is 2. The lowest BCUT2D eigenvalue weighted by Gasteiger charge is -2.17. The van der Waals surface area contributed by atoms with Crippen LogP contribution in [-0.4, -0.2) is 24.2 Å². The number of ether oxygens (including phenoxy) is 2. The van der Waals surface area contributed by atoms with Gasteiger partial charge in [-0.3, -0.25) is 0 Å². The molecule has 5 rings (SSSR count). The Bertz CT molecular complexity index is 1510. The Labute approximate surface area is 221 Å². The molecule has 0 saturated heterocycles. The average Bonchev–Trinajstić information content (AvgIpc) is 3.76. The van der Waals surface area contributed by atoms with Crippen LogP contribution in [-0.2, 0) is 0 Å². The Kier molecular flexibility index (Phi) is 7.00. The van der Waals surface area contributed by atoms with Crippen LogP contribution in [0.25, 0.3) is 11.1 Å². The molecule has 192 valence electrons. The molecule has 1 aliphatic carbocycles. The van der Waals surface area contributed by atoms with Crippen molar-refractivity contribution in [2.45, 2.75) is 25.7 Å². The van der Waals surface area contributed by atoms with Crippen LogP contribution in [0.15, 0.2) is 84.9 Å². The third kappa shape index (κ3) is 5.47. The van der Waals surface area contributed by atoms with Gasteiger partial charge in [0, 0.05) is 5.69 Å². The first-order valence-corrected chi connectivity index (χ1v) is 12.4. The third-order valence-electron chi connectivity index (χ3n) is 6.54. The number of hydrogen-bond donors (Lipinski definition) is 3. The molecule has 0 bridgehead atoms. The van der Waals surface area contributed by atoms with E-state index in [1.54, 1.807) is 30.3 Å². The van der Waals surface area contributed by atoms with E-state index in [4.69, 9.17) is 9.47 Å². The van der Waals surface area contributed by atoms with Gasteiger partial charge in [-0.1, -0.05) is 48.5 Å². The van der Waals surface area contributed by atoms with E-state index < -0.39 is 12.0 Å². The van der Waals surface area contributed by atoms with Gasteiger partial charge in [0.05, 0.1) is 12.8 Å². The van der Waals surface area contributed by atoms with Crippen LogP contribution >= 0.6 is 0 Å². The predicted octanol–water partition coefficient (Wildman–Crippen LogP) is 7.68. The minimum Gasteiger partial charge on any atom is -0.496 e. The van der Waals surface area contributed by atoms with Crippen LogP contribution in [0.4, 0.5) is 16.2 Å². The fraction of sp³-hybridized carbons (Fsp3) is 0.161. The van der Waals surface area contributed by atoms with Gasteiger partial charge in [-0.25, -0.2) is 9.59 Å². The number of aryl methyl sites for hydroxylation is 1. The van der Waals surface area contributed by atoms with E-state index in [0.717, 1.165) is 29.7 Å². The van der Waals surface area contributed by atoms with Gasteiger partial charge >= 0.3 is 12.0 Å². The molecule has 4 aromatic carbocycles. The highest BCUT2D eigenvalue weighted by atomic mass is 16.5. The second-order valence-electron chi connectivity index (χ2n) is 9.24. The zero-order chi connectivity index (χ0) is 26.6.